The summed E-state index contributed by atoms with van der Waals surface area (Å²) in [5.74, 6) is 0.917. The first kappa shape index (κ1) is 15.8. The largest absolute Gasteiger partial charge is 0.468 e. The molecule has 0 spiro atoms. The quantitative estimate of drug-likeness (QED) is 0.567. The smallest absolute Gasteiger partial charge is 0.325 e. The van der Waals surface area contributed by atoms with Crippen molar-refractivity contribution in [3.63, 3.8) is 0 Å². The first-order valence-electron chi connectivity index (χ1n) is 6.59. The lowest BCUT2D eigenvalue weighted by atomic mass is 9.97. The molecule has 0 bridgehead atoms. The van der Waals surface area contributed by atoms with Gasteiger partial charge >= 0.3 is 5.97 Å². The molecule has 5 heteroatoms. The second-order valence-corrected chi connectivity index (χ2v) is 6.27. The Morgan fingerprint density at radius 2 is 2.17 bits per heavy atom. The van der Waals surface area contributed by atoms with Crippen molar-refractivity contribution in [2.24, 2.45) is 0 Å². The van der Waals surface area contributed by atoms with E-state index in [0.717, 1.165) is 49.9 Å². The van der Waals surface area contributed by atoms with E-state index in [9.17, 15) is 4.79 Å². The molecule has 0 aliphatic carbocycles. The number of hydrogen-bond donors (Lipinski definition) is 1. The van der Waals surface area contributed by atoms with Crippen LogP contribution < -0.4 is 5.32 Å². The van der Waals surface area contributed by atoms with Gasteiger partial charge in [-0.1, -0.05) is 0 Å². The Morgan fingerprint density at radius 3 is 2.72 bits per heavy atom. The van der Waals surface area contributed by atoms with Crippen molar-refractivity contribution < 1.29 is 14.3 Å². The second kappa shape index (κ2) is 8.02. The van der Waals surface area contributed by atoms with E-state index in [0.29, 0.717) is 0 Å². The number of nitrogens with one attached hydrogen (secondary N) is 1. The Morgan fingerprint density at radius 1 is 1.50 bits per heavy atom. The molecular weight excluding hydrogens is 250 g/mol. The lowest BCUT2D eigenvalue weighted by Crippen LogP contribution is -2.48. The zero-order chi connectivity index (χ0) is 13.4. The maximum absolute atomic E-state index is 11.7. The molecule has 1 aliphatic rings. The third kappa shape index (κ3) is 4.78. The number of carbonyl (C=O) groups excluding carboxylic acids is 1. The molecule has 0 aromatic heterocycles. The van der Waals surface area contributed by atoms with Gasteiger partial charge in [-0.2, -0.15) is 11.8 Å². The number of rotatable bonds is 7. The van der Waals surface area contributed by atoms with Gasteiger partial charge in [-0.15, -0.1) is 0 Å². The van der Waals surface area contributed by atoms with E-state index in [1.165, 1.54) is 7.11 Å². The maximum atomic E-state index is 11.7. The first-order chi connectivity index (χ1) is 8.62. The van der Waals surface area contributed by atoms with Gasteiger partial charge in [0.1, 0.15) is 5.54 Å². The molecule has 4 nitrogen and oxygen atoms in total. The van der Waals surface area contributed by atoms with Crippen LogP contribution >= 0.6 is 11.8 Å². The highest BCUT2D eigenvalue weighted by Gasteiger charge is 2.31. The molecule has 0 aromatic rings. The topological polar surface area (TPSA) is 47.6 Å². The summed E-state index contributed by atoms with van der Waals surface area (Å²) in [7, 11) is 3.25. The average molecular weight is 275 g/mol. The van der Waals surface area contributed by atoms with Gasteiger partial charge < -0.3 is 14.8 Å². The molecule has 18 heavy (non-hydrogen) atoms. The third-order valence-corrected chi connectivity index (χ3v) is 5.00. The van der Waals surface area contributed by atoms with Gasteiger partial charge in [-0.05, 0) is 45.4 Å². The molecule has 1 fully saturated rings. The molecular formula is C13H25NO3S. The van der Waals surface area contributed by atoms with Gasteiger partial charge in [0.15, 0.2) is 0 Å². The minimum absolute atomic E-state index is 0.180. The van der Waals surface area contributed by atoms with Crippen molar-refractivity contribution in [1.29, 1.82) is 0 Å². The van der Waals surface area contributed by atoms with Crippen molar-refractivity contribution in [2.45, 2.75) is 43.4 Å². The standard InChI is InChI=1S/C13H25NO3S/c1-13(14-2,12(15)16-3)7-4-10-18-11-5-8-17-9-6-11/h11,14H,4-10H2,1-3H3. The summed E-state index contributed by atoms with van der Waals surface area (Å²) in [5, 5.41) is 3.80. The van der Waals surface area contributed by atoms with E-state index in [4.69, 9.17) is 9.47 Å². The van der Waals surface area contributed by atoms with E-state index < -0.39 is 5.54 Å². The second-order valence-electron chi connectivity index (χ2n) is 4.86. The lowest BCUT2D eigenvalue weighted by molar-refractivity contribution is -0.148. The Hall–Kier alpha value is -0.260. The summed E-state index contributed by atoms with van der Waals surface area (Å²) in [4.78, 5) is 11.7. The number of carbonyl (C=O) groups is 1. The Kier molecular flexibility index (Phi) is 7.04. The molecule has 0 radical (unpaired) electrons. The zero-order valence-corrected chi connectivity index (χ0v) is 12.5. The van der Waals surface area contributed by atoms with E-state index in [1.54, 1.807) is 0 Å². The summed E-state index contributed by atoms with van der Waals surface area (Å²) in [6, 6.07) is 0. The van der Waals surface area contributed by atoms with Gasteiger partial charge in [0, 0.05) is 18.5 Å². The average Bonchev–Trinajstić information content (AvgIpc) is 2.43. The highest BCUT2D eigenvalue weighted by atomic mass is 32.2. The minimum Gasteiger partial charge on any atom is -0.468 e. The maximum Gasteiger partial charge on any atom is 0.325 e. The van der Waals surface area contributed by atoms with E-state index >= 15 is 0 Å². The van der Waals surface area contributed by atoms with Crippen LogP contribution in [0.4, 0.5) is 0 Å². The predicted molar refractivity (Wildman–Crippen MR) is 75.0 cm³/mol. The predicted octanol–water partition coefficient (Wildman–Crippen LogP) is 1.83. The highest BCUT2D eigenvalue weighted by molar-refractivity contribution is 7.99. The van der Waals surface area contributed by atoms with Crippen LogP contribution in [-0.4, -0.2) is 49.9 Å². The lowest BCUT2D eigenvalue weighted by Gasteiger charge is -2.26. The molecule has 1 unspecified atom stereocenters. The number of esters is 1. The van der Waals surface area contributed by atoms with E-state index in [2.05, 4.69) is 5.32 Å². The Labute approximate surface area is 114 Å². The first-order valence-corrected chi connectivity index (χ1v) is 7.64. The molecule has 1 rings (SSSR count). The minimum atomic E-state index is -0.551. The van der Waals surface area contributed by atoms with Crippen LogP contribution in [0.2, 0.25) is 0 Å². The summed E-state index contributed by atoms with van der Waals surface area (Å²) in [6.07, 6.45) is 4.15. The van der Waals surface area contributed by atoms with Gasteiger partial charge in [0.2, 0.25) is 0 Å². The molecule has 1 aliphatic heterocycles. The number of thioether (sulfide) groups is 1. The van der Waals surface area contributed by atoms with Crippen LogP contribution in [0.15, 0.2) is 0 Å². The van der Waals surface area contributed by atoms with Crippen molar-refractivity contribution >= 4 is 17.7 Å². The van der Waals surface area contributed by atoms with Crippen LogP contribution in [0.3, 0.4) is 0 Å². The van der Waals surface area contributed by atoms with E-state index in [1.807, 2.05) is 25.7 Å². The van der Waals surface area contributed by atoms with Crippen molar-refractivity contribution in [1.82, 2.24) is 5.32 Å². The van der Waals surface area contributed by atoms with Crippen LogP contribution in [0, 0.1) is 0 Å². The molecule has 1 atom stereocenters. The van der Waals surface area contributed by atoms with Crippen molar-refractivity contribution in [3.05, 3.63) is 0 Å². The molecule has 1 N–H and O–H groups in total. The number of ether oxygens (including phenoxy) is 2. The summed E-state index contributed by atoms with van der Waals surface area (Å²) >= 11 is 2.01. The SMILES string of the molecule is CNC(C)(CCCSC1CCOCC1)C(=O)OC. The number of methoxy groups -OCH3 is 1. The Balaban J connectivity index is 2.20. The molecule has 1 saturated heterocycles. The summed E-state index contributed by atoms with van der Waals surface area (Å²) in [6.45, 7) is 3.69. The fourth-order valence-corrected chi connectivity index (χ4v) is 3.24. The van der Waals surface area contributed by atoms with Crippen molar-refractivity contribution in [3.8, 4) is 0 Å². The number of hydrogen-bond acceptors (Lipinski definition) is 5. The molecule has 106 valence electrons. The Bertz CT molecular complexity index is 257. The van der Waals surface area contributed by atoms with Gasteiger partial charge in [-0.3, -0.25) is 4.79 Å². The summed E-state index contributed by atoms with van der Waals surface area (Å²) < 4.78 is 10.2. The zero-order valence-electron chi connectivity index (χ0n) is 11.7. The molecule has 0 saturated carbocycles. The highest BCUT2D eigenvalue weighted by Crippen LogP contribution is 2.24. The fourth-order valence-electron chi connectivity index (χ4n) is 2.07. The van der Waals surface area contributed by atoms with Crippen LogP contribution in [-0.2, 0) is 14.3 Å². The van der Waals surface area contributed by atoms with Crippen molar-refractivity contribution in [2.75, 3.05) is 33.1 Å². The van der Waals surface area contributed by atoms with Crippen LogP contribution in [0.25, 0.3) is 0 Å². The summed E-state index contributed by atoms with van der Waals surface area (Å²) in [5.41, 5.74) is -0.551. The molecule has 0 aromatic carbocycles. The van der Waals surface area contributed by atoms with Crippen LogP contribution in [0.1, 0.15) is 32.6 Å². The van der Waals surface area contributed by atoms with Gasteiger partial charge in [0.25, 0.3) is 0 Å². The number of likely N-dealkylation sites (N-methyl/N-ethyl adjacent to an activating group) is 1. The van der Waals surface area contributed by atoms with E-state index in [-0.39, 0.29) is 5.97 Å². The monoisotopic (exact) mass is 275 g/mol. The van der Waals surface area contributed by atoms with Crippen LogP contribution in [0.5, 0.6) is 0 Å². The molecule has 0 amide bonds. The fraction of sp³-hybridized carbons (Fsp3) is 0.923. The molecule has 1 heterocycles. The van der Waals surface area contributed by atoms with Gasteiger partial charge in [-0.25, -0.2) is 0 Å². The normalized spacial score (nSPS) is 20.4. The van der Waals surface area contributed by atoms with Gasteiger partial charge in [0.05, 0.1) is 7.11 Å². The third-order valence-electron chi connectivity index (χ3n) is 3.53.